The molecule has 2 aromatic rings. The van der Waals surface area contributed by atoms with Crippen molar-refractivity contribution < 1.29 is 9.84 Å². The van der Waals surface area contributed by atoms with Gasteiger partial charge in [-0.3, -0.25) is 9.13 Å². The lowest BCUT2D eigenvalue weighted by molar-refractivity contribution is 0.400. The van der Waals surface area contributed by atoms with Crippen LogP contribution in [0.4, 0.5) is 0 Å². The number of hydrogen-bond acceptors (Lipinski definition) is 4. The number of imidazole rings is 1. The number of rotatable bonds is 10. The number of nitrogens with zero attached hydrogens (tertiary/aromatic N) is 2. The van der Waals surface area contributed by atoms with E-state index in [0.717, 1.165) is 69.6 Å². The molecule has 0 atom stereocenters. The van der Waals surface area contributed by atoms with Gasteiger partial charge in [-0.05, 0) is 63.2 Å². The molecular weight excluding hydrogens is 330 g/mol. The van der Waals surface area contributed by atoms with Gasteiger partial charge in [-0.25, -0.2) is 4.79 Å². The molecule has 6 nitrogen and oxygen atoms in total. The van der Waals surface area contributed by atoms with Crippen LogP contribution in [-0.4, -0.2) is 34.4 Å². The van der Waals surface area contributed by atoms with Crippen molar-refractivity contribution in [2.24, 2.45) is 0 Å². The number of hydrogen-bond donors (Lipinski definition) is 2. The molecule has 0 saturated heterocycles. The summed E-state index contributed by atoms with van der Waals surface area (Å²) in [6.45, 7) is 3.22. The van der Waals surface area contributed by atoms with Crippen LogP contribution in [0, 0.1) is 0 Å². The van der Waals surface area contributed by atoms with Crippen LogP contribution in [0.25, 0.3) is 0 Å². The van der Waals surface area contributed by atoms with E-state index in [4.69, 9.17) is 4.74 Å². The van der Waals surface area contributed by atoms with Gasteiger partial charge in [0.2, 0.25) is 5.88 Å². The molecule has 6 heteroatoms. The molecular formula is C20H29N3O3. The average Bonchev–Trinajstić information content (AvgIpc) is 3.23. The highest BCUT2D eigenvalue weighted by atomic mass is 16.5. The molecule has 2 heterocycles. The molecule has 0 unspecified atom stereocenters. The number of fused-ring (bicyclic) bond motifs is 1. The molecule has 0 aliphatic carbocycles. The average molecular weight is 359 g/mol. The monoisotopic (exact) mass is 359 g/mol. The maximum absolute atomic E-state index is 12.2. The van der Waals surface area contributed by atoms with Gasteiger partial charge in [-0.2, -0.15) is 0 Å². The third kappa shape index (κ3) is 4.12. The lowest BCUT2D eigenvalue weighted by atomic mass is 10.1. The zero-order chi connectivity index (χ0) is 18.4. The van der Waals surface area contributed by atoms with Crippen LogP contribution < -0.4 is 15.7 Å². The van der Waals surface area contributed by atoms with Gasteiger partial charge < -0.3 is 15.2 Å². The van der Waals surface area contributed by atoms with Gasteiger partial charge in [0.25, 0.3) is 0 Å². The second kappa shape index (κ2) is 8.94. The molecule has 0 radical (unpaired) electrons. The van der Waals surface area contributed by atoms with Crippen LogP contribution >= 0.6 is 0 Å². The van der Waals surface area contributed by atoms with Crippen LogP contribution in [0.2, 0.25) is 0 Å². The van der Waals surface area contributed by atoms with E-state index < -0.39 is 0 Å². The molecule has 0 amide bonds. The standard InChI is InChI=1S/C20H29N3O3/c1-26-18-11-3-2-8-16(18)9-6-13-21-12-4-5-14-23-19(24)17-10-7-15-22(17)20(23)25/h2-3,8,11,21,24H,4-7,9-10,12-15H2,1H3. The molecule has 142 valence electrons. The van der Waals surface area contributed by atoms with Crippen molar-refractivity contribution in [3.8, 4) is 11.6 Å². The van der Waals surface area contributed by atoms with Gasteiger partial charge in [0.15, 0.2) is 0 Å². The Bertz CT molecular complexity index is 779. The Balaban J connectivity index is 1.31. The Morgan fingerprint density at radius 3 is 2.81 bits per heavy atom. The minimum absolute atomic E-state index is 0.0558. The molecule has 1 aromatic carbocycles. The van der Waals surface area contributed by atoms with E-state index in [0.29, 0.717) is 6.54 Å². The van der Waals surface area contributed by atoms with Crippen molar-refractivity contribution in [3.63, 3.8) is 0 Å². The highest BCUT2D eigenvalue weighted by molar-refractivity contribution is 5.33. The van der Waals surface area contributed by atoms with Crippen molar-refractivity contribution in [1.82, 2.24) is 14.5 Å². The van der Waals surface area contributed by atoms with Gasteiger partial charge in [-0.15, -0.1) is 0 Å². The van der Waals surface area contributed by atoms with Gasteiger partial charge in [0.05, 0.1) is 12.8 Å². The first-order valence-corrected chi connectivity index (χ1v) is 9.56. The molecule has 1 aliphatic rings. The zero-order valence-electron chi connectivity index (χ0n) is 15.5. The van der Waals surface area contributed by atoms with Crippen LogP contribution in [0.1, 0.15) is 36.9 Å². The molecule has 1 aromatic heterocycles. The Kier molecular flexibility index (Phi) is 6.39. The lowest BCUT2D eigenvalue weighted by Gasteiger charge is -2.09. The van der Waals surface area contributed by atoms with Crippen LogP contribution in [-0.2, 0) is 25.9 Å². The topological polar surface area (TPSA) is 68.4 Å². The van der Waals surface area contributed by atoms with Crippen molar-refractivity contribution in [2.45, 2.75) is 51.6 Å². The fourth-order valence-electron chi connectivity index (χ4n) is 3.67. The number of para-hydroxylation sites is 1. The summed E-state index contributed by atoms with van der Waals surface area (Å²) in [6.07, 6.45) is 5.69. The predicted octanol–water partition coefficient (Wildman–Crippen LogP) is 2.31. The maximum atomic E-state index is 12.2. The highest BCUT2D eigenvalue weighted by Gasteiger charge is 2.22. The van der Waals surface area contributed by atoms with Crippen molar-refractivity contribution >= 4 is 0 Å². The van der Waals surface area contributed by atoms with E-state index in [1.807, 2.05) is 18.2 Å². The predicted molar refractivity (Wildman–Crippen MR) is 102 cm³/mol. The number of ether oxygens (including phenoxy) is 1. The van der Waals surface area contributed by atoms with E-state index in [9.17, 15) is 9.90 Å². The van der Waals surface area contributed by atoms with Gasteiger partial charge >= 0.3 is 5.69 Å². The van der Waals surface area contributed by atoms with Crippen LogP contribution in [0.5, 0.6) is 11.6 Å². The Morgan fingerprint density at radius 2 is 2.00 bits per heavy atom. The number of methoxy groups -OCH3 is 1. The minimum Gasteiger partial charge on any atom is -0.496 e. The number of aromatic nitrogens is 2. The quantitative estimate of drug-likeness (QED) is 0.639. The van der Waals surface area contributed by atoms with E-state index in [2.05, 4.69) is 11.4 Å². The second-order valence-electron chi connectivity index (χ2n) is 6.83. The van der Waals surface area contributed by atoms with Gasteiger partial charge in [-0.1, -0.05) is 18.2 Å². The minimum atomic E-state index is -0.0558. The van der Waals surface area contributed by atoms with Crippen molar-refractivity contribution in [3.05, 3.63) is 46.0 Å². The van der Waals surface area contributed by atoms with E-state index in [1.165, 1.54) is 10.1 Å². The summed E-state index contributed by atoms with van der Waals surface area (Å²) >= 11 is 0. The first-order chi connectivity index (χ1) is 12.7. The zero-order valence-corrected chi connectivity index (χ0v) is 15.5. The van der Waals surface area contributed by atoms with Gasteiger partial charge in [0.1, 0.15) is 5.75 Å². The first kappa shape index (κ1) is 18.6. The summed E-state index contributed by atoms with van der Waals surface area (Å²) in [5.74, 6) is 1.13. The lowest BCUT2D eigenvalue weighted by Crippen LogP contribution is -2.24. The molecule has 3 rings (SSSR count). The summed E-state index contributed by atoms with van der Waals surface area (Å²) < 4.78 is 8.61. The van der Waals surface area contributed by atoms with E-state index in [-0.39, 0.29) is 11.6 Å². The third-order valence-corrected chi connectivity index (χ3v) is 5.07. The van der Waals surface area contributed by atoms with Gasteiger partial charge in [0, 0.05) is 13.1 Å². The Labute approximate surface area is 154 Å². The van der Waals surface area contributed by atoms with Crippen LogP contribution in [0.3, 0.4) is 0 Å². The van der Waals surface area contributed by atoms with Crippen LogP contribution in [0.15, 0.2) is 29.1 Å². The Hall–Kier alpha value is -2.21. The SMILES string of the molecule is COc1ccccc1CCCNCCCCn1c(O)c2n(c1=O)CCC2. The molecule has 0 saturated carbocycles. The fraction of sp³-hybridized carbons (Fsp3) is 0.550. The molecule has 1 aliphatic heterocycles. The number of nitrogens with one attached hydrogen (secondary N) is 1. The summed E-state index contributed by atoms with van der Waals surface area (Å²) in [6, 6.07) is 8.14. The van der Waals surface area contributed by atoms with Crippen molar-refractivity contribution in [2.75, 3.05) is 20.2 Å². The third-order valence-electron chi connectivity index (χ3n) is 5.07. The number of aromatic hydroxyl groups is 1. The molecule has 0 bridgehead atoms. The van der Waals surface area contributed by atoms with Crippen molar-refractivity contribution in [1.29, 1.82) is 0 Å². The number of unbranched alkanes of at least 4 members (excludes halogenated alkanes) is 1. The maximum Gasteiger partial charge on any atom is 0.331 e. The summed E-state index contributed by atoms with van der Waals surface area (Å²) in [4.78, 5) is 12.2. The fourth-order valence-corrected chi connectivity index (χ4v) is 3.67. The normalized spacial score (nSPS) is 13.1. The molecule has 26 heavy (non-hydrogen) atoms. The second-order valence-corrected chi connectivity index (χ2v) is 6.83. The summed E-state index contributed by atoms with van der Waals surface area (Å²) in [7, 11) is 1.71. The number of benzene rings is 1. The largest absolute Gasteiger partial charge is 0.496 e. The Morgan fingerprint density at radius 1 is 1.19 bits per heavy atom. The summed E-state index contributed by atoms with van der Waals surface area (Å²) in [5.41, 5.74) is 2.00. The number of aryl methyl sites for hydroxylation is 1. The molecule has 0 fully saturated rings. The first-order valence-electron chi connectivity index (χ1n) is 9.56. The van der Waals surface area contributed by atoms with E-state index >= 15 is 0 Å². The highest BCUT2D eigenvalue weighted by Crippen LogP contribution is 2.23. The summed E-state index contributed by atoms with van der Waals surface area (Å²) in [5, 5.41) is 13.6. The van der Waals surface area contributed by atoms with E-state index in [1.54, 1.807) is 11.7 Å². The molecule has 0 spiro atoms. The molecule has 2 N–H and O–H groups in total. The smallest absolute Gasteiger partial charge is 0.331 e.